The molecular formula is C16H21N3O3S. The van der Waals surface area contributed by atoms with Crippen LogP contribution in [0.3, 0.4) is 0 Å². The van der Waals surface area contributed by atoms with Crippen LogP contribution in [0.5, 0.6) is 0 Å². The zero-order chi connectivity index (χ0) is 16.4. The monoisotopic (exact) mass is 335 g/mol. The fourth-order valence-electron chi connectivity index (χ4n) is 3.05. The van der Waals surface area contributed by atoms with Crippen molar-refractivity contribution in [2.75, 3.05) is 24.5 Å². The van der Waals surface area contributed by atoms with E-state index in [4.69, 9.17) is 4.52 Å². The number of aryl methyl sites for hydroxylation is 2. The van der Waals surface area contributed by atoms with Gasteiger partial charge in [0, 0.05) is 25.3 Å². The fourth-order valence-corrected chi connectivity index (χ4v) is 4.45. The van der Waals surface area contributed by atoms with Gasteiger partial charge >= 0.3 is 0 Å². The van der Waals surface area contributed by atoms with Crippen LogP contribution in [-0.4, -0.2) is 33.2 Å². The standard InChI is InChI=1S/C16H21N3O3S/c1-12-16(13(2)22-18-12)23(20,21)17-9-5-10-19-11-8-14-6-3-4-7-15(14)19/h3-4,6-7,17H,5,8-11H2,1-2H3. The number of fused-ring (bicyclic) bond motifs is 1. The lowest BCUT2D eigenvalue weighted by atomic mass is 10.2. The summed E-state index contributed by atoms with van der Waals surface area (Å²) < 4.78 is 32.2. The first-order valence-corrected chi connectivity index (χ1v) is 9.23. The Hall–Kier alpha value is -1.86. The molecule has 0 spiro atoms. The minimum atomic E-state index is -3.56. The smallest absolute Gasteiger partial charge is 0.245 e. The molecule has 0 amide bonds. The molecule has 124 valence electrons. The van der Waals surface area contributed by atoms with Crippen LogP contribution >= 0.6 is 0 Å². The first-order valence-electron chi connectivity index (χ1n) is 7.74. The summed E-state index contributed by atoms with van der Waals surface area (Å²) in [5.41, 5.74) is 3.02. The number of rotatable bonds is 6. The van der Waals surface area contributed by atoms with Crippen LogP contribution in [0.25, 0.3) is 0 Å². The van der Waals surface area contributed by atoms with E-state index in [2.05, 4.69) is 33.0 Å². The molecule has 1 aromatic heterocycles. The van der Waals surface area contributed by atoms with Crippen molar-refractivity contribution in [3.8, 4) is 0 Å². The van der Waals surface area contributed by atoms with E-state index in [1.54, 1.807) is 13.8 Å². The molecule has 7 heteroatoms. The predicted molar refractivity (Wildman–Crippen MR) is 88.1 cm³/mol. The lowest BCUT2D eigenvalue weighted by Crippen LogP contribution is -2.29. The van der Waals surface area contributed by atoms with E-state index in [1.807, 2.05) is 6.07 Å². The van der Waals surface area contributed by atoms with Crippen molar-refractivity contribution < 1.29 is 12.9 Å². The fraction of sp³-hybridized carbons (Fsp3) is 0.438. The van der Waals surface area contributed by atoms with Gasteiger partial charge in [-0.05, 0) is 38.3 Å². The van der Waals surface area contributed by atoms with Crippen LogP contribution < -0.4 is 9.62 Å². The lowest BCUT2D eigenvalue weighted by Gasteiger charge is -2.19. The Kier molecular flexibility index (Phi) is 4.41. The number of anilines is 1. The first kappa shape index (κ1) is 16.0. The van der Waals surface area contributed by atoms with Gasteiger partial charge in [-0.1, -0.05) is 23.4 Å². The third kappa shape index (κ3) is 3.25. The maximum absolute atomic E-state index is 12.3. The number of hydrogen-bond donors (Lipinski definition) is 1. The first-order chi connectivity index (χ1) is 11.0. The minimum Gasteiger partial charge on any atom is -0.371 e. The van der Waals surface area contributed by atoms with E-state index in [1.165, 1.54) is 11.3 Å². The molecule has 1 aliphatic heterocycles. The highest BCUT2D eigenvalue weighted by Gasteiger charge is 2.24. The van der Waals surface area contributed by atoms with E-state index >= 15 is 0 Å². The average molecular weight is 335 g/mol. The highest BCUT2D eigenvalue weighted by Crippen LogP contribution is 2.27. The molecule has 0 aliphatic carbocycles. The molecule has 2 heterocycles. The highest BCUT2D eigenvalue weighted by molar-refractivity contribution is 7.89. The van der Waals surface area contributed by atoms with Gasteiger partial charge in [0.25, 0.3) is 0 Å². The number of hydrogen-bond acceptors (Lipinski definition) is 5. The summed E-state index contributed by atoms with van der Waals surface area (Å²) in [5.74, 6) is 0.323. The maximum atomic E-state index is 12.3. The topological polar surface area (TPSA) is 75.4 Å². The van der Waals surface area contributed by atoms with Gasteiger partial charge in [0.1, 0.15) is 10.6 Å². The highest BCUT2D eigenvalue weighted by atomic mass is 32.2. The molecule has 0 saturated heterocycles. The van der Waals surface area contributed by atoms with E-state index < -0.39 is 10.0 Å². The van der Waals surface area contributed by atoms with Crippen LogP contribution in [0, 0.1) is 13.8 Å². The second-order valence-electron chi connectivity index (χ2n) is 5.77. The zero-order valence-electron chi connectivity index (χ0n) is 13.4. The summed E-state index contributed by atoms with van der Waals surface area (Å²) in [6.45, 7) is 5.46. The van der Waals surface area contributed by atoms with Crippen LogP contribution in [0.2, 0.25) is 0 Å². The molecule has 1 aliphatic rings. The largest absolute Gasteiger partial charge is 0.371 e. The van der Waals surface area contributed by atoms with Gasteiger partial charge in [-0.2, -0.15) is 0 Å². The second kappa shape index (κ2) is 6.33. The molecule has 3 rings (SSSR count). The minimum absolute atomic E-state index is 0.156. The van der Waals surface area contributed by atoms with E-state index in [0.29, 0.717) is 18.0 Å². The number of nitrogens with one attached hydrogen (secondary N) is 1. The van der Waals surface area contributed by atoms with Gasteiger partial charge < -0.3 is 9.42 Å². The Morgan fingerprint density at radius 3 is 2.83 bits per heavy atom. The molecule has 1 N–H and O–H groups in total. The normalized spacial score (nSPS) is 14.3. The van der Waals surface area contributed by atoms with Crippen molar-refractivity contribution in [1.82, 2.24) is 9.88 Å². The molecule has 0 saturated carbocycles. The molecule has 2 aromatic rings. The van der Waals surface area contributed by atoms with E-state index in [9.17, 15) is 8.42 Å². The summed E-state index contributed by atoms with van der Waals surface area (Å²) in [4.78, 5) is 2.46. The third-order valence-corrected chi connectivity index (χ3v) is 5.82. The van der Waals surface area contributed by atoms with Crippen molar-refractivity contribution >= 4 is 15.7 Å². The number of aromatic nitrogens is 1. The summed E-state index contributed by atoms with van der Waals surface area (Å²) >= 11 is 0. The molecule has 0 bridgehead atoms. The van der Waals surface area contributed by atoms with Gasteiger partial charge in [0.2, 0.25) is 10.0 Å². The Morgan fingerprint density at radius 2 is 2.09 bits per heavy atom. The molecule has 0 fully saturated rings. The summed E-state index contributed by atoms with van der Waals surface area (Å²) in [5, 5.41) is 3.70. The van der Waals surface area contributed by atoms with Gasteiger partial charge in [-0.3, -0.25) is 0 Å². The molecule has 6 nitrogen and oxygen atoms in total. The third-order valence-electron chi connectivity index (χ3n) is 4.12. The summed E-state index contributed by atoms with van der Waals surface area (Å²) in [6, 6.07) is 8.36. The Labute approximate surface area is 136 Å². The SMILES string of the molecule is Cc1noc(C)c1S(=O)(=O)NCCCN1CCc2ccccc21. The van der Waals surface area contributed by atoms with Crippen molar-refractivity contribution in [2.24, 2.45) is 0 Å². The Morgan fingerprint density at radius 1 is 1.30 bits per heavy atom. The van der Waals surface area contributed by atoms with Crippen LogP contribution in [0.15, 0.2) is 33.7 Å². The van der Waals surface area contributed by atoms with Gasteiger partial charge in [-0.15, -0.1) is 0 Å². The van der Waals surface area contributed by atoms with Crippen molar-refractivity contribution in [3.05, 3.63) is 41.3 Å². The van der Waals surface area contributed by atoms with Crippen LogP contribution in [0.4, 0.5) is 5.69 Å². The quantitative estimate of drug-likeness (QED) is 0.818. The maximum Gasteiger partial charge on any atom is 0.245 e. The van der Waals surface area contributed by atoms with Gasteiger partial charge in [-0.25, -0.2) is 13.1 Å². The molecular weight excluding hydrogens is 314 g/mol. The summed E-state index contributed by atoms with van der Waals surface area (Å²) in [7, 11) is -3.56. The van der Waals surface area contributed by atoms with E-state index in [-0.39, 0.29) is 4.90 Å². The predicted octanol–water partition coefficient (Wildman–Crippen LogP) is 2.02. The Bertz CT molecular complexity index is 779. The zero-order valence-corrected chi connectivity index (χ0v) is 14.2. The van der Waals surface area contributed by atoms with Crippen molar-refractivity contribution in [1.29, 1.82) is 0 Å². The number of nitrogens with zero attached hydrogens (tertiary/aromatic N) is 2. The number of para-hydroxylation sites is 1. The number of benzene rings is 1. The lowest BCUT2D eigenvalue weighted by molar-refractivity contribution is 0.390. The van der Waals surface area contributed by atoms with Gasteiger partial charge in [0.15, 0.2) is 5.76 Å². The Balaban J connectivity index is 1.55. The molecule has 0 unspecified atom stereocenters. The van der Waals surface area contributed by atoms with Crippen LogP contribution in [0.1, 0.15) is 23.4 Å². The van der Waals surface area contributed by atoms with Crippen molar-refractivity contribution in [2.45, 2.75) is 31.6 Å². The number of sulfonamides is 1. The second-order valence-corrected chi connectivity index (χ2v) is 7.47. The molecule has 0 radical (unpaired) electrons. The average Bonchev–Trinajstić information content (AvgIpc) is 3.08. The summed E-state index contributed by atoms with van der Waals surface area (Å²) in [6.07, 6.45) is 1.80. The molecule has 0 atom stereocenters. The van der Waals surface area contributed by atoms with Crippen molar-refractivity contribution in [3.63, 3.8) is 0 Å². The molecule has 23 heavy (non-hydrogen) atoms. The van der Waals surface area contributed by atoms with Gasteiger partial charge in [0.05, 0.1) is 0 Å². The van der Waals surface area contributed by atoms with E-state index in [0.717, 1.165) is 25.9 Å². The van der Waals surface area contributed by atoms with Crippen LogP contribution in [-0.2, 0) is 16.4 Å². The molecule has 1 aromatic carbocycles.